The number of amides is 1. The minimum Gasteiger partial charge on any atom is -0.301 e. The second-order valence-electron chi connectivity index (χ2n) is 1.25. The zero-order valence-corrected chi connectivity index (χ0v) is 5.75. The standard InChI is InChI=1S/C3H6NO5P/c1-2-3(5)4-9-10(6,7)8/h2H,1H2,(H,4,5)(H2,6,7,8). The summed E-state index contributed by atoms with van der Waals surface area (Å²) in [6.45, 7) is 3.02. The molecule has 0 atom stereocenters. The van der Waals surface area contributed by atoms with Crippen LogP contribution in [0.5, 0.6) is 0 Å². The van der Waals surface area contributed by atoms with Crippen LogP contribution in [0.4, 0.5) is 0 Å². The van der Waals surface area contributed by atoms with Crippen LogP contribution in [0.25, 0.3) is 0 Å². The maximum atomic E-state index is 10.2. The van der Waals surface area contributed by atoms with Crippen molar-refractivity contribution in [3.8, 4) is 0 Å². The third-order valence-electron chi connectivity index (χ3n) is 0.451. The van der Waals surface area contributed by atoms with Crippen molar-refractivity contribution in [2.75, 3.05) is 0 Å². The molecule has 0 aliphatic rings. The molecular weight excluding hydrogens is 161 g/mol. The van der Waals surface area contributed by atoms with E-state index in [1.807, 2.05) is 0 Å². The van der Waals surface area contributed by atoms with Crippen molar-refractivity contribution in [1.29, 1.82) is 0 Å². The predicted octanol–water partition coefficient (Wildman–Crippen LogP) is -0.687. The van der Waals surface area contributed by atoms with Crippen LogP contribution in [0, 0.1) is 0 Å². The summed E-state index contributed by atoms with van der Waals surface area (Å²) in [5, 5.41) is 0. The van der Waals surface area contributed by atoms with Crippen molar-refractivity contribution in [3.63, 3.8) is 0 Å². The zero-order chi connectivity index (χ0) is 8.20. The summed E-state index contributed by atoms with van der Waals surface area (Å²) in [6, 6.07) is 0. The van der Waals surface area contributed by atoms with Crippen molar-refractivity contribution >= 4 is 13.7 Å². The summed E-state index contributed by atoms with van der Waals surface area (Å²) in [5.74, 6) is -0.816. The van der Waals surface area contributed by atoms with Gasteiger partial charge in [-0.1, -0.05) is 6.58 Å². The number of hydrogen-bond acceptors (Lipinski definition) is 3. The largest absolute Gasteiger partial charge is 0.491 e. The number of phosphoric acid groups is 1. The molecule has 0 fully saturated rings. The summed E-state index contributed by atoms with van der Waals surface area (Å²) < 4.78 is 13.5. The highest BCUT2D eigenvalue weighted by molar-refractivity contribution is 7.46. The van der Waals surface area contributed by atoms with E-state index in [9.17, 15) is 9.36 Å². The van der Waals surface area contributed by atoms with E-state index in [-0.39, 0.29) is 0 Å². The van der Waals surface area contributed by atoms with Gasteiger partial charge in [0.1, 0.15) is 0 Å². The second-order valence-corrected chi connectivity index (χ2v) is 2.42. The van der Waals surface area contributed by atoms with Gasteiger partial charge in [-0.15, -0.1) is 0 Å². The van der Waals surface area contributed by atoms with Gasteiger partial charge in [-0.3, -0.25) is 4.79 Å². The molecule has 0 saturated heterocycles. The molecule has 0 aliphatic heterocycles. The number of carbonyl (C=O) groups is 1. The third-order valence-corrected chi connectivity index (χ3v) is 0.780. The van der Waals surface area contributed by atoms with Gasteiger partial charge in [0.15, 0.2) is 0 Å². The van der Waals surface area contributed by atoms with E-state index in [2.05, 4.69) is 11.2 Å². The summed E-state index contributed by atoms with van der Waals surface area (Å²) in [4.78, 5) is 26.2. The van der Waals surface area contributed by atoms with Crippen molar-refractivity contribution in [3.05, 3.63) is 12.7 Å². The molecule has 0 aromatic rings. The van der Waals surface area contributed by atoms with Crippen LogP contribution in [0.15, 0.2) is 12.7 Å². The highest BCUT2D eigenvalue weighted by atomic mass is 31.2. The van der Waals surface area contributed by atoms with Gasteiger partial charge in [0.05, 0.1) is 0 Å². The van der Waals surface area contributed by atoms with E-state index in [1.54, 1.807) is 0 Å². The minimum absolute atomic E-state index is 0.815. The topological polar surface area (TPSA) is 95.9 Å². The predicted molar refractivity (Wildman–Crippen MR) is 31.5 cm³/mol. The maximum Gasteiger partial charge on any atom is 0.491 e. The molecule has 3 N–H and O–H groups in total. The Labute approximate surface area is 56.7 Å². The first-order valence-electron chi connectivity index (χ1n) is 2.12. The fraction of sp³-hybridized carbons (Fsp3) is 0. The lowest BCUT2D eigenvalue weighted by Crippen LogP contribution is -2.19. The van der Waals surface area contributed by atoms with Gasteiger partial charge in [0.25, 0.3) is 5.91 Å². The number of carbonyl (C=O) groups excluding carboxylic acids is 1. The van der Waals surface area contributed by atoms with Gasteiger partial charge in [0, 0.05) is 0 Å². The van der Waals surface area contributed by atoms with E-state index >= 15 is 0 Å². The first-order valence-corrected chi connectivity index (χ1v) is 3.65. The van der Waals surface area contributed by atoms with Crippen LogP contribution in [-0.2, 0) is 14.0 Å². The Morgan fingerprint density at radius 1 is 1.70 bits per heavy atom. The molecule has 0 radical (unpaired) electrons. The molecule has 7 heteroatoms. The lowest BCUT2D eigenvalue weighted by Gasteiger charge is -2.02. The summed E-state index contributed by atoms with van der Waals surface area (Å²) in [6.07, 6.45) is 0.815. The quantitative estimate of drug-likeness (QED) is 0.294. The lowest BCUT2D eigenvalue weighted by molar-refractivity contribution is -0.123. The molecule has 0 aromatic carbocycles. The average molecular weight is 167 g/mol. The Kier molecular flexibility index (Phi) is 3.24. The van der Waals surface area contributed by atoms with E-state index in [1.165, 1.54) is 5.48 Å². The molecule has 6 nitrogen and oxygen atoms in total. The highest BCUT2D eigenvalue weighted by Crippen LogP contribution is 2.33. The molecule has 0 saturated carbocycles. The summed E-state index contributed by atoms with van der Waals surface area (Å²) in [5.41, 5.74) is 1.45. The first-order chi connectivity index (χ1) is 4.45. The van der Waals surface area contributed by atoms with Crippen molar-refractivity contribution < 1.29 is 23.8 Å². The fourth-order valence-electron chi connectivity index (χ4n) is 0.146. The van der Waals surface area contributed by atoms with E-state index in [0.717, 1.165) is 6.08 Å². The number of rotatable bonds is 3. The van der Waals surface area contributed by atoms with Gasteiger partial charge < -0.3 is 9.79 Å². The Morgan fingerprint density at radius 3 is 2.50 bits per heavy atom. The van der Waals surface area contributed by atoms with Crippen molar-refractivity contribution in [2.24, 2.45) is 0 Å². The van der Waals surface area contributed by atoms with Crippen molar-refractivity contribution in [2.45, 2.75) is 0 Å². The minimum atomic E-state index is -4.61. The van der Waals surface area contributed by atoms with Gasteiger partial charge >= 0.3 is 7.82 Å². The molecule has 58 valence electrons. The molecule has 0 spiro atoms. The molecule has 0 bridgehead atoms. The lowest BCUT2D eigenvalue weighted by atomic mass is 10.6. The molecule has 0 unspecified atom stereocenters. The van der Waals surface area contributed by atoms with Crippen LogP contribution in [-0.4, -0.2) is 15.7 Å². The van der Waals surface area contributed by atoms with E-state index in [0.29, 0.717) is 0 Å². The van der Waals surface area contributed by atoms with Crippen LogP contribution < -0.4 is 5.48 Å². The summed E-state index contributed by atoms with van der Waals surface area (Å²) >= 11 is 0. The van der Waals surface area contributed by atoms with Gasteiger partial charge in [-0.25, -0.2) is 10.0 Å². The van der Waals surface area contributed by atoms with Gasteiger partial charge in [-0.05, 0) is 6.08 Å². The van der Waals surface area contributed by atoms with Crippen LogP contribution in [0.1, 0.15) is 0 Å². The fourth-order valence-corrected chi connectivity index (χ4v) is 0.355. The number of hydroxylamine groups is 1. The average Bonchev–Trinajstić information content (AvgIpc) is 1.81. The third kappa shape index (κ3) is 5.46. The monoisotopic (exact) mass is 167 g/mol. The molecule has 1 amide bonds. The molecule has 0 rings (SSSR count). The molecular formula is C3H6NO5P. The highest BCUT2D eigenvalue weighted by Gasteiger charge is 2.14. The molecule has 0 aromatic heterocycles. The first kappa shape index (κ1) is 9.32. The van der Waals surface area contributed by atoms with Gasteiger partial charge in [-0.2, -0.15) is 4.62 Å². The second kappa shape index (κ2) is 3.48. The zero-order valence-electron chi connectivity index (χ0n) is 4.85. The maximum absolute atomic E-state index is 10.2. The number of nitrogens with one attached hydrogen (secondary N) is 1. The normalized spacial score (nSPS) is 10.6. The van der Waals surface area contributed by atoms with Crippen LogP contribution in [0.2, 0.25) is 0 Å². The smallest absolute Gasteiger partial charge is 0.301 e. The number of hydrogen-bond donors (Lipinski definition) is 3. The SMILES string of the molecule is C=CC(=O)NOP(=O)(O)O. The Bertz CT molecular complexity index is 183. The van der Waals surface area contributed by atoms with Gasteiger partial charge in [0.2, 0.25) is 0 Å². The summed E-state index contributed by atoms with van der Waals surface area (Å²) in [7, 11) is -4.61. The van der Waals surface area contributed by atoms with Crippen molar-refractivity contribution in [1.82, 2.24) is 5.48 Å². The Morgan fingerprint density at radius 2 is 2.20 bits per heavy atom. The van der Waals surface area contributed by atoms with Crippen LogP contribution >= 0.6 is 7.82 Å². The molecule has 0 heterocycles. The van der Waals surface area contributed by atoms with E-state index < -0.39 is 13.7 Å². The molecule has 0 aliphatic carbocycles. The van der Waals surface area contributed by atoms with E-state index in [4.69, 9.17) is 9.79 Å². The Balaban J connectivity index is 3.66. The van der Waals surface area contributed by atoms with Crippen LogP contribution in [0.3, 0.4) is 0 Å². The Hall–Kier alpha value is -0.680. The molecule has 10 heavy (non-hydrogen) atoms.